The fraction of sp³-hybridized carbons (Fsp3) is 0.308. The summed E-state index contributed by atoms with van der Waals surface area (Å²) in [6.07, 6.45) is 3.24. The molecule has 2 aromatic carbocycles. The predicted molar refractivity (Wildman–Crippen MR) is 126 cm³/mol. The molecular weight excluding hydrogens is 416 g/mol. The van der Waals surface area contributed by atoms with E-state index in [0.717, 1.165) is 11.1 Å². The first-order valence-corrected chi connectivity index (χ1v) is 11.2. The molecule has 0 saturated carbocycles. The molecule has 1 aromatic heterocycles. The molecule has 2 N–H and O–H groups in total. The van der Waals surface area contributed by atoms with E-state index < -0.39 is 5.41 Å². The molecule has 170 valence electrons. The Morgan fingerprint density at radius 3 is 2.33 bits per heavy atom. The van der Waals surface area contributed by atoms with Gasteiger partial charge in [-0.15, -0.1) is 0 Å². The molecule has 1 saturated heterocycles. The van der Waals surface area contributed by atoms with Crippen molar-refractivity contribution < 1.29 is 14.3 Å². The fourth-order valence-electron chi connectivity index (χ4n) is 4.25. The van der Waals surface area contributed by atoms with E-state index in [4.69, 9.17) is 4.74 Å². The molecule has 0 atom stereocenters. The van der Waals surface area contributed by atoms with Gasteiger partial charge in [0, 0.05) is 45.0 Å². The van der Waals surface area contributed by atoms with Crippen LogP contribution in [-0.2, 0) is 21.4 Å². The van der Waals surface area contributed by atoms with Gasteiger partial charge in [-0.1, -0.05) is 60.7 Å². The molecule has 1 aliphatic heterocycles. The molecule has 1 aliphatic rings. The number of nitrogens with zero attached hydrogens (tertiary/aromatic N) is 2. The van der Waals surface area contributed by atoms with Gasteiger partial charge in [-0.2, -0.15) is 0 Å². The van der Waals surface area contributed by atoms with E-state index >= 15 is 0 Å². The highest BCUT2D eigenvalue weighted by atomic mass is 16.5. The van der Waals surface area contributed by atoms with Gasteiger partial charge in [0.05, 0.1) is 16.7 Å². The molecule has 0 aliphatic carbocycles. The van der Waals surface area contributed by atoms with Crippen LogP contribution < -0.4 is 10.6 Å². The summed E-state index contributed by atoms with van der Waals surface area (Å²) in [4.78, 5) is 34.8. The number of carbonyl (C=O) groups excluding carboxylic acids is 2. The van der Waals surface area contributed by atoms with Crippen LogP contribution in [0.2, 0.25) is 0 Å². The summed E-state index contributed by atoms with van der Waals surface area (Å²) in [5, 5.41) is 5.74. The summed E-state index contributed by atoms with van der Waals surface area (Å²) in [6, 6.07) is 19.5. The Labute approximate surface area is 193 Å². The minimum absolute atomic E-state index is 0.0177. The molecule has 33 heavy (non-hydrogen) atoms. The summed E-state index contributed by atoms with van der Waals surface area (Å²) < 4.78 is 5.54. The Morgan fingerprint density at radius 1 is 1.00 bits per heavy atom. The van der Waals surface area contributed by atoms with Gasteiger partial charge < -0.3 is 15.4 Å². The van der Waals surface area contributed by atoms with E-state index in [0.29, 0.717) is 56.1 Å². The maximum absolute atomic E-state index is 13.4. The third kappa shape index (κ3) is 4.93. The zero-order chi connectivity index (χ0) is 23.1. The molecule has 2 heterocycles. The molecule has 7 heteroatoms. The van der Waals surface area contributed by atoms with Gasteiger partial charge in [-0.05, 0) is 18.4 Å². The highest BCUT2D eigenvalue weighted by molar-refractivity contribution is 5.95. The smallest absolute Gasteiger partial charge is 0.254 e. The van der Waals surface area contributed by atoms with Gasteiger partial charge in [-0.3, -0.25) is 9.59 Å². The lowest BCUT2D eigenvalue weighted by Gasteiger charge is -2.36. The quantitative estimate of drug-likeness (QED) is 0.585. The van der Waals surface area contributed by atoms with Crippen LogP contribution in [0.1, 0.15) is 34.5 Å². The number of amides is 2. The van der Waals surface area contributed by atoms with E-state index in [-0.39, 0.29) is 11.8 Å². The molecule has 4 rings (SSSR count). The lowest BCUT2D eigenvalue weighted by atomic mass is 9.73. The fourth-order valence-corrected chi connectivity index (χ4v) is 4.25. The van der Waals surface area contributed by atoms with Crippen molar-refractivity contribution >= 4 is 11.8 Å². The van der Waals surface area contributed by atoms with Crippen LogP contribution in [-0.4, -0.2) is 48.6 Å². The molecule has 3 aromatic rings. The van der Waals surface area contributed by atoms with Crippen molar-refractivity contribution in [1.82, 2.24) is 20.6 Å². The number of rotatable bonds is 7. The van der Waals surface area contributed by atoms with Crippen LogP contribution in [0, 0.1) is 0 Å². The largest absolute Gasteiger partial charge is 0.381 e. The SMILES string of the molecule is CNC(=O)c1cnc(-c2ccccc2)nc1CCNC(=O)C1(c2ccccc2)CCOCC1. The number of nitrogens with one attached hydrogen (secondary N) is 2. The Balaban J connectivity index is 1.53. The molecule has 1 fully saturated rings. The average molecular weight is 445 g/mol. The van der Waals surface area contributed by atoms with Crippen molar-refractivity contribution in [3.63, 3.8) is 0 Å². The number of ether oxygens (including phenoxy) is 1. The highest BCUT2D eigenvalue weighted by Crippen LogP contribution is 2.35. The average Bonchev–Trinajstić information content (AvgIpc) is 2.89. The van der Waals surface area contributed by atoms with Crippen LogP contribution >= 0.6 is 0 Å². The summed E-state index contributed by atoms with van der Waals surface area (Å²) in [6.45, 7) is 1.47. The van der Waals surface area contributed by atoms with Crippen molar-refractivity contribution in [2.75, 3.05) is 26.8 Å². The Hall–Kier alpha value is -3.58. The topological polar surface area (TPSA) is 93.2 Å². The number of hydrogen-bond acceptors (Lipinski definition) is 5. The summed E-state index contributed by atoms with van der Waals surface area (Å²) in [7, 11) is 1.58. The molecular formula is C26H28N4O3. The Kier molecular flexibility index (Phi) is 7.10. The number of benzene rings is 2. The minimum atomic E-state index is -0.607. The second-order valence-corrected chi connectivity index (χ2v) is 8.07. The first-order valence-electron chi connectivity index (χ1n) is 11.2. The van der Waals surface area contributed by atoms with E-state index in [2.05, 4.69) is 20.6 Å². The van der Waals surface area contributed by atoms with E-state index in [9.17, 15) is 9.59 Å². The van der Waals surface area contributed by atoms with Gasteiger partial charge in [0.2, 0.25) is 5.91 Å². The van der Waals surface area contributed by atoms with E-state index in [1.807, 2.05) is 60.7 Å². The third-order valence-corrected chi connectivity index (χ3v) is 6.13. The third-order valence-electron chi connectivity index (χ3n) is 6.13. The van der Waals surface area contributed by atoms with Crippen molar-refractivity contribution in [3.8, 4) is 11.4 Å². The monoisotopic (exact) mass is 444 g/mol. The lowest BCUT2D eigenvalue weighted by Crippen LogP contribution is -2.48. The molecule has 7 nitrogen and oxygen atoms in total. The normalized spacial score (nSPS) is 14.9. The van der Waals surface area contributed by atoms with E-state index in [1.165, 1.54) is 0 Å². The first-order chi connectivity index (χ1) is 16.1. The highest BCUT2D eigenvalue weighted by Gasteiger charge is 2.41. The lowest BCUT2D eigenvalue weighted by molar-refractivity contribution is -0.130. The van der Waals surface area contributed by atoms with Crippen molar-refractivity contribution in [2.45, 2.75) is 24.7 Å². The second kappa shape index (κ2) is 10.4. The van der Waals surface area contributed by atoms with E-state index in [1.54, 1.807) is 13.2 Å². The standard InChI is InChI=1S/C26H28N4O3/c1-27-24(31)21-18-29-23(19-8-4-2-5-9-19)30-22(21)12-15-28-25(32)26(13-16-33-17-14-26)20-10-6-3-7-11-20/h2-11,18H,12-17H2,1H3,(H,27,31)(H,28,32). The van der Waals surface area contributed by atoms with Gasteiger partial charge in [0.15, 0.2) is 5.82 Å². The zero-order valence-electron chi connectivity index (χ0n) is 18.7. The zero-order valence-corrected chi connectivity index (χ0v) is 18.7. The van der Waals surface area contributed by atoms with Crippen LogP contribution in [0.3, 0.4) is 0 Å². The molecule has 2 amide bonds. The molecule has 0 unspecified atom stereocenters. The van der Waals surface area contributed by atoms with Gasteiger partial charge >= 0.3 is 0 Å². The van der Waals surface area contributed by atoms with Crippen LogP contribution in [0.25, 0.3) is 11.4 Å². The van der Waals surface area contributed by atoms with Crippen molar-refractivity contribution in [1.29, 1.82) is 0 Å². The van der Waals surface area contributed by atoms with Crippen LogP contribution in [0.5, 0.6) is 0 Å². The van der Waals surface area contributed by atoms with Crippen molar-refractivity contribution in [2.24, 2.45) is 0 Å². The van der Waals surface area contributed by atoms with Gasteiger partial charge in [-0.25, -0.2) is 9.97 Å². The maximum Gasteiger partial charge on any atom is 0.254 e. The van der Waals surface area contributed by atoms with Gasteiger partial charge in [0.25, 0.3) is 5.91 Å². The maximum atomic E-state index is 13.4. The van der Waals surface area contributed by atoms with Crippen molar-refractivity contribution in [3.05, 3.63) is 83.7 Å². The van der Waals surface area contributed by atoms with Gasteiger partial charge in [0.1, 0.15) is 0 Å². The minimum Gasteiger partial charge on any atom is -0.381 e. The predicted octanol–water partition coefficient (Wildman–Crippen LogP) is 2.91. The number of aromatic nitrogens is 2. The Bertz CT molecular complexity index is 1100. The summed E-state index contributed by atoms with van der Waals surface area (Å²) in [5.74, 6) is 0.284. The van der Waals surface area contributed by atoms with Crippen LogP contribution in [0.15, 0.2) is 66.9 Å². The second-order valence-electron chi connectivity index (χ2n) is 8.07. The number of carbonyl (C=O) groups is 2. The Morgan fingerprint density at radius 2 is 1.67 bits per heavy atom. The summed E-state index contributed by atoms with van der Waals surface area (Å²) in [5.41, 5.74) is 2.28. The molecule has 0 bridgehead atoms. The van der Waals surface area contributed by atoms with Crippen LogP contribution in [0.4, 0.5) is 0 Å². The molecule has 0 spiro atoms. The molecule has 0 radical (unpaired) electrons. The summed E-state index contributed by atoms with van der Waals surface area (Å²) >= 11 is 0. The first kappa shape index (κ1) is 22.6. The number of hydrogen-bond donors (Lipinski definition) is 2.